The van der Waals surface area contributed by atoms with E-state index in [-0.39, 0.29) is 11.7 Å². The zero-order valence-corrected chi connectivity index (χ0v) is 10.7. The molecule has 0 saturated heterocycles. The highest BCUT2D eigenvalue weighted by Gasteiger charge is 2.13. The summed E-state index contributed by atoms with van der Waals surface area (Å²) in [6, 6.07) is 14.3. The van der Waals surface area contributed by atoms with Crippen LogP contribution in [0.5, 0.6) is 0 Å². The van der Waals surface area contributed by atoms with Gasteiger partial charge in [-0.2, -0.15) is 0 Å². The first kappa shape index (κ1) is 13.1. The second-order valence-electron chi connectivity index (χ2n) is 4.23. The maximum atomic E-state index is 12.9. The zero-order chi connectivity index (χ0) is 13.0. The number of nitrogens with two attached hydrogens (primary N) is 1. The van der Waals surface area contributed by atoms with Crippen LogP contribution in [0.1, 0.15) is 23.5 Å². The molecule has 0 unspecified atom stereocenters. The van der Waals surface area contributed by atoms with Crippen LogP contribution in [-0.4, -0.2) is 6.54 Å². The van der Waals surface area contributed by atoms with Crippen molar-refractivity contribution in [1.82, 2.24) is 0 Å². The minimum Gasteiger partial charge on any atom is -0.330 e. The third-order valence-corrected chi connectivity index (χ3v) is 3.25. The summed E-state index contributed by atoms with van der Waals surface area (Å²) in [4.78, 5) is 0. The SMILES string of the molecule is NCC[C@@H](c1ccc(F)cc1)c1ccc(Cl)cc1. The van der Waals surface area contributed by atoms with Crippen LogP contribution < -0.4 is 5.73 Å². The van der Waals surface area contributed by atoms with E-state index in [0.717, 1.165) is 17.5 Å². The van der Waals surface area contributed by atoms with Crippen molar-refractivity contribution in [3.05, 3.63) is 70.5 Å². The molecular weight excluding hydrogens is 249 g/mol. The van der Waals surface area contributed by atoms with Crippen LogP contribution in [0.2, 0.25) is 5.02 Å². The zero-order valence-electron chi connectivity index (χ0n) is 9.94. The lowest BCUT2D eigenvalue weighted by atomic mass is 9.88. The van der Waals surface area contributed by atoms with Crippen LogP contribution >= 0.6 is 11.6 Å². The van der Waals surface area contributed by atoms with E-state index in [1.807, 2.05) is 36.4 Å². The second-order valence-corrected chi connectivity index (χ2v) is 4.67. The maximum Gasteiger partial charge on any atom is 0.123 e. The third kappa shape index (κ3) is 3.09. The average molecular weight is 264 g/mol. The van der Waals surface area contributed by atoms with Crippen LogP contribution in [0.3, 0.4) is 0 Å². The molecule has 0 saturated carbocycles. The van der Waals surface area contributed by atoms with Crippen LogP contribution in [0, 0.1) is 5.82 Å². The summed E-state index contributed by atoms with van der Waals surface area (Å²) in [5.41, 5.74) is 7.89. The molecule has 2 aromatic carbocycles. The van der Waals surface area contributed by atoms with Gasteiger partial charge in [-0.3, -0.25) is 0 Å². The Morgan fingerprint density at radius 1 is 0.944 bits per heavy atom. The molecule has 3 heteroatoms. The molecule has 0 aliphatic carbocycles. The third-order valence-electron chi connectivity index (χ3n) is 3.00. The largest absolute Gasteiger partial charge is 0.330 e. The van der Waals surface area contributed by atoms with Crippen molar-refractivity contribution in [2.24, 2.45) is 5.73 Å². The summed E-state index contributed by atoms with van der Waals surface area (Å²) in [5, 5.41) is 0.712. The van der Waals surface area contributed by atoms with Crippen LogP contribution in [-0.2, 0) is 0 Å². The molecule has 0 aromatic heterocycles. The van der Waals surface area contributed by atoms with E-state index in [0.29, 0.717) is 11.6 Å². The minimum atomic E-state index is -0.221. The molecule has 2 rings (SSSR count). The highest BCUT2D eigenvalue weighted by Crippen LogP contribution is 2.28. The molecule has 2 N–H and O–H groups in total. The van der Waals surface area contributed by atoms with E-state index < -0.39 is 0 Å². The van der Waals surface area contributed by atoms with Gasteiger partial charge in [0.25, 0.3) is 0 Å². The lowest BCUT2D eigenvalue weighted by Crippen LogP contribution is -2.08. The lowest BCUT2D eigenvalue weighted by Gasteiger charge is -2.17. The Balaban J connectivity index is 2.33. The smallest absolute Gasteiger partial charge is 0.123 e. The topological polar surface area (TPSA) is 26.0 Å². The van der Waals surface area contributed by atoms with E-state index in [2.05, 4.69) is 0 Å². The predicted molar refractivity (Wildman–Crippen MR) is 73.4 cm³/mol. The molecule has 0 spiro atoms. The number of hydrogen-bond donors (Lipinski definition) is 1. The maximum absolute atomic E-state index is 12.9. The van der Waals surface area contributed by atoms with Gasteiger partial charge in [0.1, 0.15) is 5.82 Å². The van der Waals surface area contributed by atoms with Gasteiger partial charge in [0.2, 0.25) is 0 Å². The molecular formula is C15H15ClFN. The van der Waals surface area contributed by atoms with E-state index >= 15 is 0 Å². The number of benzene rings is 2. The number of rotatable bonds is 4. The van der Waals surface area contributed by atoms with Crippen molar-refractivity contribution in [2.45, 2.75) is 12.3 Å². The molecule has 0 aliphatic rings. The standard InChI is InChI=1S/C15H15ClFN/c16-13-5-1-11(2-6-13)15(9-10-18)12-3-7-14(17)8-4-12/h1-8,15H,9-10,18H2/t15-/m1/s1. The lowest BCUT2D eigenvalue weighted by molar-refractivity contribution is 0.625. The quantitative estimate of drug-likeness (QED) is 0.888. The van der Waals surface area contributed by atoms with Crippen molar-refractivity contribution >= 4 is 11.6 Å². The highest BCUT2D eigenvalue weighted by atomic mass is 35.5. The Hall–Kier alpha value is -1.38. The van der Waals surface area contributed by atoms with E-state index in [1.165, 1.54) is 12.1 Å². The molecule has 0 aliphatic heterocycles. The Kier molecular flexibility index (Phi) is 4.34. The number of halogens is 2. The minimum absolute atomic E-state index is 0.188. The molecule has 0 amide bonds. The van der Waals surface area contributed by atoms with Gasteiger partial charge in [-0.15, -0.1) is 0 Å². The van der Waals surface area contributed by atoms with Crippen molar-refractivity contribution in [2.75, 3.05) is 6.54 Å². The first-order valence-electron chi connectivity index (χ1n) is 5.91. The summed E-state index contributed by atoms with van der Waals surface area (Å²) in [6.07, 6.45) is 0.827. The molecule has 1 atom stereocenters. The van der Waals surface area contributed by atoms with Crippen molar-refractivity contribution < 1.29 is 4.39 Å². The Morgan fingerprint density at radius 3 is 1.94 bits per heavy atom. The van der Waals surface area contributed by atoms with E-state index in [9.17, 15) is 4.39 Å². The molecule has 18 heavy (non-hydrogen) atoms. The fraction of sp³-hybridized carbons (Fsp3) is 0.200. The van der Waals surface area contributed by atoms with E-state index in [4.69, 9.17) is 17.3 Å². The van der Waals surface area contributed by atoms with Gasteiger partial charge in [-0.1, -0.05) is 35.9 Å². The second kappa shape index (κ2) is 5.98. The Labute approximate surface area is 111 Å². The molecule has 0 radical (unpaired) electrons. The van der Waals surface area contributed by atoms with Gasteiger partial charge in [-0.25, -0.2) is 4.39 Å². The Morgan fingerprint density at radius 2 is 1.44 bits per heavy atom. The Bertz CT molecular complexity index is 447. The molecule has 94 valence electrons. The fourth-order valence-corrected chi connectivity index (χ4v) is 2.21. The van der Waals surface area contributed by atoms with Crippen LogP contribution in [0.25, 0.3) is 0 Å². The van der Waals surface area contributed by atoms with Gasteiger partial charge in [-0.05, 0) is 48.4 Å². The van der Waals surface area contributed by atoms with Crippen molar-refractivity contribution in [3.8, 4) is 0 Å². The summed E-state index contributed by atoms with van der Waals surface area (Å²) >= 11 is 5.89. The normalized spacial score (nSPS) is 12.4. The molecule has 1 nitrogen and oxygen atoms in total. The van der Waals surface area contributed by atoms with E-state index in [1.54, 1.807) is 0 Å². The average Bonchev–Trinajstić information content (AvgIpc) is 2.39. The van der Waals surface area contributed by atoms with Gasteiger partial charge in [0, 0.05) is 10.9 Å². The summed E-state index contributed by atoms with van der Waals surface area (Å²) < 4.78 is 12.9. The first-order valence-corrected chi connectivity index (χ1v) is 6.29. The molecule has 2 aromatic rings. The van der Waals surface area contributed by atoms with Crippen molar-refractivity contribution in [3.63, 3.8) is 0 Å². The molecule has 0 heterocycles. The van der Waals surface area contributed by atoms with Crippen LogP contribution in [0.15, 0.2) is 48.5 Å². The number of hydrogen-bond acceptors (Lipinski definition) is 1. The van der Waals surface area contributed by atoms with Gasteiger partial charge >= 0.3 is 0 Å². The summed E-state index contributed by atoms with van der Waals surface area (Å²) in [6.45, 7) is 0.588. The summed E-state index contributed by atoms with van der Waals surface area (Å²) in [7, 11) is 0. The fourth-order valence-electron chi connectivity index (χ4n) is 2.08. The first-order chi connectivity index (χ1) is 8.70. The highest BCUT2D eigenvalue weighted by molar-refractivity contribution is 6.30. The van der Waals surface area contributed by atoms with Gasteiger partial charge in [0.15, 0.2) is 0 Å². The monoisotopic (exact) mass is 263 g/mol. The van der Waals surface area contributed by atoms with Gasteiger partial charge < -0.3 is 5.73 Å². The van der Waals surface area contributed by atoms with Gasteiger partial charge in [0.05, 0.1) is 0 Å². The van der Waals surface area contributed by atoms with Crippen molar-refractivity contribution in [1.29, 1.82) is 0 Å². The van der Waals surface area contributed by atoms with Crippen LogP contribution in [0.4, 0.5) is 4.39 Å². The summed E-state index contributed by atoms with van der Waals surface area (Å²) in [5.74, 6) is -0.0331. The molecule has 0 bridgehead atoms. The predicted octanol–water partition coefficient (Wildman–Crippen LogP) is 3.96. The molecule has 0 fully saturated rings.